The molecule has 0 unspecified atom stereocenters. The SMILES string of the molecule is COc1cc(/C=C(/C#N)C(=O)NCc2ccccc2)ccc1OCc1ccccc1C. The minimum Gasteiger partial charge on any atom is -0.493 e. The Bertz CT molecular complexity index is 1110. The van der Waals surface area contributed by atoms with Crippen LogP contribution in [0, 0.1) is 18.3 Å². The molecular weight excluding hydrogens is 388 g/mol. The van der Waals surface area contributed by atoms with E-state index in [9.17, 15) is 10.1 Å². The largest absolute Gasteiger partial charge is 0.493 e. The van der Waals surface area contributed by atoms with Crippen molar-refractivity contribution in [1.82, 2.24) is 5.32 Å². The first kappa shape index (κ1) is 21.7. The van der Waals surface area contributed by atoms with E-state index >= 15 is 0 Å². The number of amides is 1. The molecule has 3 rings (SSSR count). The van der Waals surface area contributed by atoms with Gasteiger partial charge in [-0.3, -0.25) is 4.79 Å². The Labute approximate surface area is 182 Å². The van der Waals surface area contributed by atoms with E-state index in [1.807, 2.05) is 67.6 Å². The summed E-state index contributed by atoms with van der Waals surface area (Å²) in [5.74, 6) is 0.699. The number of carbonyl (C=O) groups is 1. The van der Waals surface area contributed by atoms with Crippen molar-refractivity contribution in [2.45, 2.75) is 20.1 Å². The number of methoxy groups -OCH3 is 1. The third-order valence-electron chi connectivity index (χ3n) is 4.80. The van der Waals surface area contributed by atoms with E-state index < -0.39 is 5.91 Å². The molecule has 0 heterocycles. The van der Waals surface area contributed by atoms with Gasteiger partial charge in [-0.15, -0.1) is 0 Å². The van der Waals surface area contributed by atoms with Gasteiger partial charge in [0, 0.05) is 6.54 Å². The number of nitriles is 1. The zero-order valence-corrected chi connectivity index (χ0v) is 17.6. The number of benzene rings is 3. The van der Waals surface area contributed by atoms with Crippen molar-refractivity contribution in [2.75, 3.05) is 7.11 Å². The number of nitrogens with one attached hydrogen (secondary N) is 1. The maximum absolute atomic E-state index is 12.4. The summed E-state index contributed by atoms with van der Waals surface area (Å²) in [7, 11) is 1.56. The fourth-order valence-corrected chi connectivity index (χ4v) is 3.01. The molecule has 0 saturated carbocycles. The molecule has 0 saturated heterocycles. The van der Waals surface area contributed by atoms with Crippen molar-refractivity contribution in [3.8, 4) is 17.6 Å². The molecule has 0 fully saturated rings. The second-order valence-corrected chi connectivity index (χ2v) is 6.96. The van der Waals surface area contributed by atoms with Crippen molar-refractivity contribution in [3.05, 3.63) is 101 Å². The van der Waals surface area contributed by atoms with Gasteiger partial charge >= 0.3 is 0 Å². The van der Waals surface area contributed by atoms with Gasteiger partial charge in [0.1, 0.15) is 18.2 Å². The Balaban J connectivity index is 1.70. The normalized spacial score (nSPS) is 10.8. The molecule has 1 amide bonds. The topological polar surface area (TPSA) is 71.3 Å². The molecule has 0 radical (unpaired) electrons. The summed E-state index contributed by atoms with van der Waals surface area (Å²) in [4.78, 5) is 12.4. The van der Waals surface area contributed by atoms with Crippen molar-refractivity contribution >= 4 is 12.0 Å². The van der Waals surface area contributed by atoms with E-state index in [2.05, 4.69) is 5.32 Å². The Morgan fingerprint density at radius 2 is 1.77 bits per heavy atom. The Morgan fingerprint density at radius 1 is 1.03 bits per heavy atom. The van der Waals surface area contributed by atoms with E-state index in [0.29, 0.717) is 30.2 Å². The van der Waals surface area contributed by atoms with Crippen LogP contribution in [0.25, 0.3) is 6.08 Å². The number of hydrogen-bond acceptors (Lipinski definition) is 4. The summed E-state index contributed by atoms with van der Waals surface area (Å²) in [6.07, 6.45) is 1.54. The second kappa shape index (κ2) is 10.7. The summed E-state index contributed by atoms with van der Waals surface area (Å²) in [6, 6.07) is 24.8. The molecule has 5 nitrogen and oxygen atoms in total. The van der Waals surface area contributed by atoms with Crippen LogP contribution >= 0.6 is 0 Å². The molecule has 156 valence electrons. The Hall–Kier alpha value is -4.04. The molecule has 3 aromatic carbocycles. The summed E-state index contributed by atoms with van der Waals surface area (Å²) in [6.45, 7) is 2.81. The van der Waals surface area contributed by atoms with Crippen LogP contribution in [-0.4, -0.2) is 13.0 Å². The van der Waals surface area contributed by atoms with Crippen molar-refractivity contribution in [2.24, 2.45) is 0 Å². The molecule has 1 N–H and O–H groups in total. The highest BCUT2D eigenvalue weighted by Gasteiger charge is 2.11. The highest BCUT2D eigenvalue weighted by atomic mass is 16.5. The lowest BCUT2D eigenvalue weighted by molar-refractivity contribution is -0.117. The van der Waals surface area contributed by atoms with Crippen molar-refractivity contribution in [3.63, 3.8) is 0 Å². The number of ether oxygens (including phenoxy) is 2. The molecule has 0 bridgehead atoms. The van der Waals surface area contributed by atoms with E-state index in [-0.39, 0.29) is 5.57 Å². The number of aryl methyl sites for hydroxylation is 1. The lowest BCUT2D eigenvalue weighted by Gasteiger charge is -2.13. The van der Waals surface area contributed by atoms with E-state index in [1.165, 1.54) is 6.08 Å². The zero-order chi connectivity index (χ0) is 22.1. The van der Waals surface area contributed by atoms with Gasteiger partial charge in [0.25, 0.3) is 5.91 Å². The molecule has 0 atom stereocenters. The first-order chi connectivity index (χ1) is 15.1. The number of rotatable bonds is 8. The standard InChI is InChI=1S/C26H24N2O3/c1-19-8-6-7-11-22(19)18-31-24-13-12-21(15-25(24)30-2)14-23(16-27)26(29)28-17-20-9-4-3-5-10-20/h3-15H,17-18H2,1-2H3,(H,28,29)/b23-14-. The van der Waals surface area contributed by atoms with Gasteiger partial charge in [-0.1, -0.05) is 60.7 Å². The lowest BCUT2D eigenvalue weighted by atomic mass is 10.1. The molecule has 31 heavy (non-hydrogen) atoms. The molecular formula is C26H24N2O3. The Morgan fingerprint density at radius 3 is 2.48 bits per heavy atom. The molecule has 5 heteroatoms. The van der Waals surface area contributed by atoms with Gasteiger partial charge < -0.3 is 14.8 Å². The van der Waals surface area contributed by atoms with Crippen molar-refractivity contribution in [1.29, 1.82) is 5.26 Å². The summed E-state index contributed by atoms with van der Waals surface area (Å²) in [5.41, 5.74) is 3.90. The molecule has 0 spiro atoms. The van der Waals surface area contributed by atoms with Gasteiger partial charge in [-0.2, -0.15) is 5.26 Å². The monoisotopic (exact) mass is 412 g/mol. The number of carbonyl (C=O) groups excluding carboxylic acids is 1. The van der Waals surface area contributed by atoms with Gasteiger partial charge in [0.05, 0.1) is 7.11 Å². The van der Waals surface area contributed by atoms with Gasteiger partial charge in [-0.25, -0.2) is 0 Å². The molecule has 0 aliphatic carbocycles. The number of nitrogens with zero attached hydrogens (tertiary/aromatic N) is 1. The van der Waals surface area contributed by atoms with Crippen LogP contribution in [0.1, 0.15) is 22.3 Å². The quantitative estimate of drug-likeness (QED) is 0.426. The van der Waals surface area contributed by atoms with Crippen LogP contribution < -0.4 is 14.8 Å². The molecule has 3 aromatic rings. The van der Waals surface area contributed by atoms with E-state index in [1.54, 1.807) is 25.3 Å². The molecule has 0 aliphatic rings. The fraction of sp³-hybridized carbons (Fsp3) is 0.154. The highest BCUT2D eigenvalue weighted by molar-refractivity contribution is 6.01. The van der Waals surface area contributed by atoms with Crippen LogP contribution in [0.4, 0.5) is 0 Å². The zero-order valence-electron chi connectivity index (χ0n) is 17.6. The van der Waals surface area contributed by atoms with Gasteiger partial charge in [0.2, 0.25) is 0 Å². The smallest absolute Gasteiger partial charge is 0.262 e. The van der Waals surface area contributed by atoms with Crippen LogP contribution in [0.2, 0.25) is 0 Å². The fourth-order valence-electron chi connectivity index (χ4n) is 3.01. The van der Waals surface area contributed by atoms with E-state index in [0.717, 1.165) is 16.7 Å². The first-order valence-electron chi connectivity index (χ1n) is 9.90. The average molecular weight is 412 g/mol. The third kappa shape index (κ3) is 5.97. The lowest BCUT2D eigenvalue weighted by Crippen LogP contribution is -2.23. The summed E-state index contributed by atoms with van der Waals surface area (Å²) in [5, 5.41) is 12.2. The minimum atomic E-state index is -0.426. The van der Waals surface area contributed by atoms with Crippen LogP contribution in [0.5, 0.6) is 11.5 Å². The highest BCUT2D eigenvalue weighted by Crippen LogP contribution is 2.30. The maximum Gasteiger partial charge on any atom is 0.262 e. The maximum atomic E-state index is 12.4. The summed E-state index contributed by atoms with van der Waals surface area (Å²) < 4.78 is 11.4. The minimum absolute atomic E-state index is 0.0200. The second-order valence-electron chi connectivity index (χ2n) is 6.96. The Kier molecular flexibility index (Phi) is 7.45. The summed E-state index contributed by atoms with van der Waals surface area (Å²) >= 11 is 0. The predicted octanol–water partition coefficient (Wildman–Crippen LogP) is 4.81. The predicted molar refractivity (Wildman–Crippen MR) is 120 cm³/mol. The van der Waals surface area contributed by atoms with E-state index in [4.69, 9.17) is 9.47 Å². The molecule has 0 aliphatic heterocycles. The van der Waals surface area contributed by atoms with Crippen LogP contribution in [0.3, 0.4) is 0 Å². The first-order valence-corrected chi connectivity index (χ1v) is 9.90. The average Bonchev–Trinajstić information content (AvgIpc) is 2.81. The molecule has 0 aromatic heterocycles. The van der Waals surface area contributed by atoms with Crippen molar-refractivity contribution < 1.29 is 14.3 Å². The number of hydrogen-bond donors (Lipinski definition) is 1. The van der Waals surface area contributed by atoms with Crippen LogP contribution in [-0.2, 0) is 17.9 Å². The van der Waals surface area contributed by atoms with Gasteiger partial charge in [-0.05, 0) is 47.4 Å². The van der Waals surface area contributed by atoms with Gasteiger partial charge in [0.15, 0.2) is 11.5 Å². The third-order valence-corrected chi connectivity index (χ3v) is 4.80. The van der Waals surface area contributed by atoms with Crippen LogP contribution in [0.15, 0.2) is 78.4 Å².